The number of aliphatic hydroxyl groups excluding tert-OH is 1. The summed E-state index contributed by atoms with van der Waals surface area (Å²) in [4.78, 5) is 20.6. The molecule has 51 heavy (non-hydrogen) atoms. The maximum absolute atomic E-state index is 14.6. The summed E-state index contributed by atoms with van der Waals surface area (Å²) in [5.74, 6) is -1.41. The second-order valence-electron chi connectivity index (χ2n) is 12.3. The molecule has 3 N–H and O–H groups in total. The molecule has 3 aromatic carbocycles. The van der Waals surface area contributed by atoms with Gasteiger partial charge in [-0.1, -0.05) is 42.5 Å². The fourth-order valence-electron chi connectivity index (χ4n) is 6.25. The number of alkyl halides is 6. The standard InChI is InChI=1S/C35H36F6N4O5S/c1-50-28-19-27-25(18-29(28)51(2,48)49)30(33(47)44-32(35(39,40)41)21-7-4-3-5-8-21)26(20-45-14-11-24(12-15-45)42-13-16-46)31(43-27)22-9-6-10-23(17-22)34(36,37)38/h3-10,17-19,24,32,42,46H,11-16,20H2,1-2H3,(H,44,47). The fraction of sp³-hybridized carbons (Fsp3) is 0.371. The summed E-state index contributed by atoms with van der Waals surface area (Å²) >= 11 is 0. The summed E-state index contributed by atoms with van der Waals surface area (Å²) < 4.78 is 116. The van der Waals surface area contributed by atoms with Gasteiger partial charge in [-0.3, -0.25) is 9.69 Å². The molecule has 274 valence electrons. The quantitative estimate of drug-likeness (QED) is 0.163. The monoisotopic (exact) mass is 738 g/mol. The first-order chi connectivity index (χ1) is 24.0. The van der Waals surface area contributed by atoms with Gasteiger partial charge in [0, 0.05) is 48.0 Å². The topological polar surface area (TPSA) is 121 Å². The molecular formula is C35H36F6N4O5S. The van der Waals surface area contributed by atoms with Crippen molar-refractivity contribution in [3.05, 3.63) is 89.0 Å². The van der Waals surface area contributed by atoms with Gasteiger partial charge < -0.3 is 20.5 Å². The summed E-state index contributed by atoms with van der Waals surface area (Å²) in [6.45, 7) is 1.04. The Bertz CT molecular complexity index is 1980. The van der Waals surface area contributed by atoms with Gasteiger partial charge in [-0.05, 0) is 49.7 Å². The number of hydrogen-bond acceptors (Lipinski definition) is 8. The van der Waals surface area contributed by atoms with Crippen LogP contribution in [0.4, 0.5) is 26.3 Å². The maximum atomic E-state index is 14.6. The van der Waals surface area contributed by atoms with E-state index in [0.29, 0.717) is 32.5 Å². The van der Waals surface area contributed by atoms with Gasteiger partial charge in [-0.25, -0.2) is 13.4 Å². The fourth-order valence-corrected chi connectivity index (χ4v) is 7.09. The third kappa shape index (κ3) is 8.80. The molecule has 2 heterocycles. The predicted octanol–water partition coefficient (Wildman–Crippen LogP) is 5.91. The van der Waals surface area contributed by atoms with Crippen molar-refractivity contribution in [3.63, 3.8) is 0 Å². The minimum atomic E-state index is -4.96. The Kier molecular flexibility index (Phi) is 11.3. The van der Waals surface area contributed by atoms with E-state index in [1.807, 2.05) is 4.90 Å². The Morgan fingerprint density at radius 2 is 1.71 bits per heavy atom. The van der Waals surface area contributed by atoms with E-state index >= 15 is 0 Å². The number of halogens is 6. The van der Waals surface area contributed by atoms with Crippen LogP contribution in [0.5, 0.6) is 5.75 Å². The molecule has 1 aliphatic rings. The van der Waals surface area contributed by atoms with Gasteiger partial charge in [0.05, 0.1) is 36.1 Å². The molecule has 1 aromatic heterocycles. The number of benzene rings is 3. The molecule has 0 bridgehead atoms. The highest BCUT2D eigenvalue weighted by molar-refractivity contribution is 7.90. The third-order valence-electron chi connectivity index (χ3n) is 8.71. The Labute approximate surface area is 290 Å². The highest BCUT2D eigenvalue weighted by Crippen LogP contribution is 2.40. The van der Waals surface area contributed by atoms with Crippen LogP contribution >= 0.6 is 0 Å². The number of amides is 1. The number of nitrogens with zero attached hydrogens (tertiary/aromatic N) is 2. The smallest absolute Gasteiger partial charge is 0.416 e. The average Bonchev–Trinajstić information content (AvgIpc) is 3.08. The molecule has 1 atom stereocenters. The highest BCUT2D eigenvalue weighted by atomic mass is 32.2. The van der Waals surface area contributed by atoms with Crippen molar-refractivity contribution in [2.24, 2.45) is 0 Å². The molecule has 0 aliphatic carbocycles. The zero-order valence-corrected chi connectivity index (χ0v) is 28.4. The van der Waals surface area contributed by atoms with Crippen molar-refractivity contribution in [2.75, 3.05) is 39.6 Å². The van der Waals surface area contributed by atoms with Crippen LogP contribution in [0.15, 0.2) is 71.6 Å². The van der Waals surface area contributed by atoms with Crippen LogP contribution in [0, 0.1) is 0 Å². The van der Waals surface area contributed by atoms with Gasteiger partial charge in [0.25, 0.3) is 5.91 Å². The normalized spacial score (nSPS) is 15.5. The number of carbonyl (C=O) groups excluding carboxylic acids is 1. The first-order valence-corrected chi connectivity index (χ1v) is 17.8. The minimum Gasteiger partial charge on any atom is -0.495 e. The summed E-state index contributed by atoms with van der Waals surface area (Å²) in [5.41, 5.74) is -1.89. The Morgan fingerprint density at radius 3 is 2.29 bits per heavy atom. The van der Waals surface area contributed by atoms with E-state index in [2.05, 4.69) is 15.6 Å². The number of fused-ring (bicyclic) bond motifs is 1. The third-order valence-corrected chi connectivity index (χ3v) is 9.83. The van der Waals surface area contributed by atoms with E-state index in [0.717, 1.165) is 30.5 Å². The molecule has 5 rings (SSSR count). The predicted molar refractivity (Wildman–Crippen MR) is 178 cm³/mol. The summed E-state index contributed by atoms with van der Waals surface area (Å²) in [6, 6.07) is 10.7. The SMILES string of the molecule is COc1cc2nc(-c3cccc(C(F)(F)F)c3)c(CN3CCC(NCCO)CC3)c(C(=O)NC(c3ccccc3)C(F)(F)F)c2cc1S(C)(=O)=O. The Balaban J connectivity index is 1.78. The minimum absolute atomic E-state index is 0.0136. The van der Waals surface area contributed by atoms with Gasteiger partial charge in [-0.15, -0.1) is 0 Å². The van der Waals surface area contributed by atoms with Crippen molar-refractivity contribution >= 4 is 26.6 Å². The molecule has 1 unspecified atom stereocenters. The molecule has 0 radical (unpaired) electrons. The van der Waals surface area contributed by atoms with Gasteiger partial charge in [0.15, 0.2) is 15.9 Å². The van der Waals surface area contributed by atoms with Crippen LogP contribution in [0.25, 0.3) is 22.2 Å². The average molecular weight is 739 g/mol. The second-order valence-corrected chi connectivity index (χ2v) is 14.3. The summed E-state index contributed by atoms with van der Waals surface area (Å²) in [7, 11) is -2.84. The molecule has 16 heteroatoms. The zero-order valence-electron chi connectivity index (χ0n) is 27.6. The molecule has 0 saturated carbocycles. The molecule has 1 aliphatic heterocycles. The number of methoxy groups -OCH3 is 1. The number of nitrogens with one attached hydrogen (secondary N) is 2. The molecule has 1 amide bonds. The summed E-state index contributed by atoms with van der Waals surface area (Å²) in [5, 5.41) is 14.4. The van der Waals surface area contributed by atoms with Crippen LogP contribution < -0.4 is 15.4 Å². The van der Waals surface area contributed by atoms with Crippen LogP contribution in [-0.2, 0) is 22.6 Å². The van der Waals surface area contributed by atoms with E-state index in [9.17, 15) is 44.7 Å². The molecule has 9 nitrogen and oxygen atoms in total. The molecule has 1 saturated heterocycles. The lowest BCUT2D eigenvalue weighted by atomic mass is 9.93. The lowest BCUT2D eigenvalue weighted by Crippen LogP contribution is -2.43. The molecular weight excluding hydrogens is 702 g/mol. The molecule has 1 fully saturated rings. The van der Waals surface area contributed by atoms with E-state index in [1.54, 1.807) is 0 Å². The van der Waals surface area contributed by atoms with Crippen molar-refractivity contribution in [1.82, 2.24) is 20.5 Å². The van der Waals surface area contributed by atoms with Gasteiger partial charge in [-0.2, -0.15) is 26.3 Å². The van der Waals surface area contributed by atoms with Crippen LogP contribution in [-0.4, -0.2) is 81.1 Å². The van der Waals surface area contributed by atoms with E-state index < -0.39 is 39.7 Å². The number of hydrogen-bond donors (Lipinski definition) is 3. The Morgan fingerprint density at radius 1 is 1.02 bits per heavy atom. The maximum Gasteiger partial charge on any atom is 0.416 e. The van der Waals surface area contributed by atoms with Crippen LogP contribution in [0.1, 0.15) is 45.9 Å². The van der Waals surface area contributed by atoms with Crippen LogP contribution in [0.3, 0.4) is 0 Å². The number of sulfone groups is 1. The number of aromatic nitrogens is 1. The number of likely N-dealkylation sites (tertiary alicyclic amines) is 1. The first-order valence-electron chi connectivity index (χ1n) is 15.9. The molecule has 4 aromatic rings. The molecule has 0 spiro atoms. The lowest BCUT2D eigenvalue weighted by molar-refractivity contribution is -0.155. The van der Waals surface area contributed by atoms with Gasteiger partial charge >= 0.3 is 12.4 Å². The number of carbonyl (C=O) groups is 1. The number of rotatable bonds is 11. The van der Waals surface area contributed by atoms with Crippen molar-refractivity contribution in [1.29, 1.82) is 0 Å². The number of ether oxygens (including phenoxy) is 1. The van der Waals surface area contributed by atoms with E-state index in [1.165, 1.54) is 49.6 Å². The lowest BCUT2D eigenvalue weighted by Gasteiger charge is -2.33. The zero-order chi connectivity index (χ0) is 37.1. The number of piperidine rings is 1. The largest absolute Gasteiger partial charge is 0.495 e. The summed E-state index contributed by atoms with van der Waals surface area (Å²) in [6.07, 6.45) is -7.62. The Hall–Kier alpha value is -4.25. The van der Waals surface area contributed by atoms with Crippen molar-refractivity contribution in [3.8, 4) is 17.0 Å². The van der Waals surface area contributed by atoms with Crippen LogP contribution in [0.2, 0.25) is 0 Å². The second kappa shape index (κ2) is 15.2. The number of aliphatic hydroxyl groups is 1. The van der Waals surface area contributed by atoms with E-state index in [4.69, 9.17) is 4.74 Å². The highest BCUT2D eigenvalue weighted by Gasteiger charge is 2.43. The number of pyridine rings is 1. The van der Waals surface area contributed by atoms with Crippen molar-refractivity contribution in [2.45, 2.75) is 48.7 Å². The van der Waals surface area contributed by atoms with Crippen molar-refractivity contribution < 1.29 is 49.4 Å². The van der Waals surface area contributed by atoms with Gasteiger partial charge in [0.2, 0.25) is 0 Å². The van der Waals surface area contributed by atoms with Gasteiger partial charge in [0.1, 0.15) is 10.6 Å². The first kappa shape index (κ1) is 38.0. The van der Waals surface area contributed by atoms with E-state index in [-0.39, 0.29) is 68.7 Å².